The number of aromatic nitrogens is 4. The molecule has 8 aromatic rings. The van der Waals surface area contributed by atoms with Gasteiger partial charge in [-0.2, -0.15) is 5.26 Å². The van der Waals surface area contributed by atoms with Gasteiger partial charge >= 0.3 is 0 Å². The van der Waals surface area contributed by atoms with Gasteiger partial charge < -0.3 is 4.57 Å². The largest absolute Gasteiger partial charge is 0.308 e. The zero-order valence-electron chi connectivity index (χ0n) is 26.9. The van der Waals surface area contributed by atoms with Crippen molar-refractivity contribution in [1.29, 1.82) is 5.26 Å². The monoisotopic (exact) mass is 617 g/mol. The molecule has 5 nitrogen and oxygen atoms in total. The van der Waals surface area contributed by atoms with Crippen LogP contribution in [0, 0.1) is 32.1 Å². The molecule has 0 radical (unpaired) electrons. The number of rotatable bonds is 5. The summed E-state index contributed by atoms with van der Waals surface area (Å²) in [6.07, 6.45) is 0. The summed E-state index contributed by atoms with van der Waals surface area (Å²) in [7, 11) is 0. The number of benzene rings is 6. The van der Waals surface area contributed by atoms with Crippen molar-refractivity contribution in [2.24, 2.45) is 0 Å². The lowest BCUT2D eigenvalue weighted by molar-refractivity contribution is 1.06. The molecule has 0 atom stereocenters. The fraction of sp³-hybridized carbons (Fsp3) is 0.0698. The summed E-state index contributed by atoms with van der Waals surface area (Å²) in [5.41, 5.74) is 12.3. The molecule has 0 amide bonds. The standard InChI is InChI=1S/C43H31N5/c1-27-22-28(2)40(29(3)23-27)33-19-21-38-35(25-33)34-16-10-11-17-37(34)48(38)39-20-18-30(26-44)24-36(39)43-46-41(31-12-6-4-7-13-31)45-42(47-43)32-14-8-5-9-15-32/h4-25H,1-3H3. The van der Waals surface area contributed by atoms with E-state index in [2.05, 4.69) is 86.0 Å². The first-order chi connectivity index (χ1) is 23.5. The predicted molar refractivity (Wildman–Crippen MR) is 195 cm³/mol. The van der Waals surface area contributed by atoms with Crippen molar-refractivity contribution >= 4 is 21.8 Å². The van der Waals surface area contributed by atoms with E-state index in [0.29, 0.717) is 23.0 Å². The second-order valence-corrected chi connectivity index (χ2v) is 12.2. The molecular weight excluding hydrogens is 587 g/mol. The number of aryl methyl sites for hydroxylation is 3. The van der Waals surface area contributed by atoms with Gasteiger partial charge in [0.1, 0.15) is 0 Å². The molecule has 2 heterocycles. The van der Waals surface area contributed by atoms with E-state index in [1.165, 1.54) is 27.8 Å². The Bertz CT molecular complexity index is 2460. The van der Waals surface area contributed by atoms with Crippen LogP contribution in [-0.4, -0.2) is 19.5 Å². The lowest BCUT2D eigenvalue weighted by atomic mass is 9.93. The first-order valence-corrected chi connectivity index (χ1v) is 16.0. The molecule has 0 saturated carbocycles. The van der Waals surface area contributed by atoms with E-state index in [1.54, 1.807) is 0 Å². The maximum absolute atomic E-state index is 10.0. The minimum atomic E-state index is 0.503. The molecule has 0 unspecified atom stereocenters. The molecule has 0 aliphatic carbocycles. The summed E-state index contributed by atoms with van der Waals surface area (Å²) >= 11 is 0. The van der Waals surface area contributed by atoms with Gasteiger partial charge in [0, 0.05) is 27.5 Å². The van der Waals surface area contributed by atoms with E-state index in [-0.39, 0.29) is 0 Å². The minimum absolute atomic E-state index is 0.503. The van der Waals surface area contributed by atoms with Crippen LogP contribution in [0.2, 0.25) is 0 Å². The highest BCUT2D eigenvalue weighted by molar-refractivity contribution is 6.11. The van der Waals surface area contributed by atoms with Crippen molar-refractivity contribution in [2.75, 3.05) is 0 Å². The number of nitrogens with zero attached hydrogens (tertiary/aromatic N) is 5. The average molecular weight is 618 g/mol. The highest BCUT2D eigenvalue weighted by Gasteiger charge is 2.20. The van der Waals surface area contributed by atoms with Gasteiger partial charge in [-0.05, 0) is 79.4 Å². The minimum Gasteiger partial charge on any atom is -0.308 e. The first-order valence-electron chi connectivity index (χ1n) is 16.0. The quantitative estimate of drug-likeness (QED) is 0.193. The van der Waals surface area contributed by atoms with Crippen molar-refractivity contribution in [1.82, 2.24) is 19.5 Å². The fourth-order valence-electron chi connectivity index (χ4n) is 6.93. The number of fused-ring (bicyclic) bond motifs is 3. The van der Waals surface area contributed by atoms with Gasteiger partial charge in [0.25, 0.3) is 0 Å². The second-order valence-electron chi connectivity index (χ2n) is 12.2. The van der Waals surface area contributed by atoms with Gasteiger partial charge in [-0.3, -0.25) is 0 Å². The Morgan fingerprint density at radius 1 is 0.521 bits per heavy atom. The maximum Gasteiger partial charge on any atom is 0.166 e. The zero-order chi connectivity index (χ0) is 32.8. The molecule has 0 aliphatic rings. The molecule has 6 aromatic carbocycles. The van der Waals surface area contributed by atoms with E-state index in [4.69, 9.17) is 15.0 Å². The Kier molecular flexibility index (Phi) is 7.12. The summed E-state index contributed by atoms with van der Waals surface area (Å²) < 4.78 is 2.27. The van der Waals surface area contributed by atoms with Crippen LogP contribution in [0.15, 0.2) is 133 Å². The summed E-state index contributed by atoms with van der Waals surface area (Å²) in [6.45, 7) is 6.52. The average Bonchev–Trinajstić information content (AvgIpc) is 3.45. The SMILES string of the molecule is Cc1cc(C)c(-c2ccc3c(c2)c2ccccc2n3-c2ccc(C#N)cc2-c2nc(-c3ccccc3)nc(-c3ccccc3)n2)c(C)c1. The van der Waals surface area contributed by atoms with Crippen LogP contribution in [0.25, 0.3) is 72.8 Å². The van der Waals surface area contributed by atoms with Gasteiger partial charge in [0.15, 0.2) is 17.5 Å². The Hall–Kier alpha value is -6.38. The molecule has 0 N–H and O–H groups in total. The molecule has 0 saturated heterocycles. The molecule has 228 valence electrons. The molecule has 8 rings (SSSR count). The first kappa shape index (κ1) is 29.1. The van der Waals surface area contributed by atoms with E-state index >= 15 is 0 Å². The van der Waals surface area contributed by atoms with Gasteiger partial charge in [-0.25, -0.2) is 15.0 Å². The van der Waals surface area contributed by atoms with Crippen LogP contribution < -0.4 is 0 Å². The number of hydrogen-bond donors (Lipinski definition) is 0. The van der Waals surface area contributed by atoms with Gasteiger partial charge in [0.05, 0.1) is 28.4 Å². The lowest BCUT2D eigenvalue weighted by Crippen LogP contribution is -2.04. The Balaban J connectivity index is 1.40. The third-order valence-corrected chi connectivity index (χ3v) is 8.95. The smallest absolute Gasteiger partial charge is 0.166 e. The van der Waals surface area contributed by atoms with Gasteiger partial charge in [-0.15, -0.1) is 0 Å². The van der Waals surface area contributed by atoms with Crippen LogP contribution in [-0.2, 0) is 0 Å². The lowest BCUT2D eigenvalue weighted by Gasteiger charge is -2.15. The van der Waals surface area contributed by atoms with E-state index in [9.17, 15) is 5.26 Å². The Labute approximate surface area is 279 Å². The summed E-state index contributed by atoms with van der Waals surface area (Å²) in [5, 5.41) is 12.3. The normalized spacial score (nSPS) is 11.2. The number of para-hydroxylation sites is 1. The van der Waals surface area contributed by atoms with E-state index < -0.39 is 0 Å². The van der Waals surface area contributed by atoms with E-state index in [1.807, 2.05) is 78.9 Å². The summed E-state index contributed by atoms with van der Waals surface area (Å²) in [4.78, 5) is 15.0. The van der Waals surface area contributed by atoms with Crippen molar-refractivity contribution in [3.63, 3.8) is 0 Å². The summed E-state index contributed by atoms with van der Waals surface area (Å²) in [5.74, 6) is 1.65. The zero-order valence-corrected chi connectivity index (χ0v) is 26.9. The Morgan fingerprint density at radius 2 is 1.10 bits per heavy atom. The molecule has 0 fully saturated rings. The van der Waals surface area contributed by atoms with Crippen molar-refractivity contribution in [3.05, 3.63) is 156 Å². The second kappa shape index (κ2) is 11.8. The molecular formula is C43H31N5. The van der Waals surface area contributed by atoms with E-state index in [0.717, 1.165) is 44.2 Å². The molecule has 0 aliphatic heterocycles. The highest BCUT2D eigenvalue weighted by atomic mass is 15.1. The molecule has 0 spiro atoms. The van der Waals surface area contributed by atoms with Crippen molar-refractivity contribution in [3.8, 4) is 57.0 Å². The highest BCUT2D eigenvalue weighted by Crippen LogP contribution is 2.39. The van der Waals surface area contributed by atoms with Crippen LogP contribution >= 0.6 is 0 Å². The van der Waals surface area contributed by atoms with Crippen LogP contribution in [0.3, 0.4) is 0 Å². The molecule has 2 aromatic heterocycles. The predicted octanol–water partition coefficient (Wildman–Crippen LogP) is 10.4. The number of hydrogen-bond acceptors (Lipinski definition) is 4. The fourth-order valence-corrected chi connectivity index (χ4v) is 6.93. The molecule has 5 heteroatoms. The van der Waals surface area contributed by atoms with Gasteiger partial charge in [0.2, 0.25) is 0 Å². The van der Waals surface area contributed by atoms with Gasteiger partial charge in [-0.1, -0.05) is 103 Å². The third kappa shape index (κ3) is 5.01. The number of nitriles is 1. The van der Waals surface area contributed by atoms with Crippen LogP contribution in [0.1, 0.15) is 22.3 Å². The van der Waals surface area contributed by atoms with Crippen LogP contribution in [0.4, 0.5) is 0 Å². The third-order valence-electron chi connectivity index (χ3n) is 8.95. The molecule has 0 bridgehead atoms. The Morgan fingerprint density at radius 3 is 1.75 bits per heavy atom. The van der Waals surface area contributed by atoms with Crippen LogP contribution in [0.5, 0.6) is 0 Å². The summed E-state index contributed by atoms with van der Waals surface area (Å²) in [6, 6.07) is 47.7. The topological polar surface area (TPSA) is 67.4 Å². The molecule has 48 heavy (non-hydrogen) atoms. The van der Waals surface area contributed by atoms with Crippen molar-refractivity contribution < 1.29 is 0 Å². The maximum atomic E-state index is 10.0. The van der Waals surface area contributed by atoms with Crippen molar-refractivity contribution in [2.45, 2.75) is 20.8 Å².